The molecule has 2 aromatic heterocycles. The van der Waals surface area contributed by atoms with Crippen molar-refractivity contribution >= 4 is 16.0 Å². The predicted octanol–water partition coefficient (Wildman–Crippen LogP) is 0.911. The van der Waals surface area contributed by atoms with Crippen LogP contribution in [0.4, 0.5) is 0 Å². The fourth-order valence-electron chi connectivity index (χ4n) is 2.93. The smallest absolute Gasteiger partial charge is 0.354 e. The van der Waals surface area contributed by atoms with Crippen LogP contribution in [-0.4, -0.2) is 46.7 Å². The molecular formula is C15H20N4O4S. The third-order valence-corrected chi connectivity index (χ3v) is 6.38. The maximum atomic E-state index is 13.1. The number of esters is 1. The molecule has 0 bridgehead atoms. The van der Waals surface area contributed by atoms with E-state index in [1.165, 1.54) is 17.5 Å². The summed E-state index contributed by atoms with van der Waals surface area (Å²) < 4.78 is 35.7. The summed E-state index contributed by atoms with van der Waals surface area (Å²) in [6.45, 7) is 3.05. The molecule has 0 saturated carbocycles. The minimum atomic E-state index is -3.72. The van der Waals surface area contributed by atoms with Crippen molar-refractivity contribution in [3.63, 3.8) is 0 Å². The highest BCUT2D eigenvalue weighted by Gasteiger charge is 2.31. The number of methoxy groups -OCH3 is 1. The van der Waals surface area contributed by atoms with E-state index in [2.05, 4.69) is 5.10 Å². The van der Waals surface area contributed by atoms with Crippen molar-refractivity contribution in [1.82, 2.24) is 18.7 Å². The molecule has 3 rings (SSSR count). The number of ether oxygens (including phenoxy) is 1. The molecule has 130 valence electrons. The number of rotatable bonds is 3. The summed E-state index contributed by atoms with van der Waals surface area (Å²) in [4.78, 5) is 12.0. The van der Waals surface area contributed by atoms with Gasteiger partial charge in [0.15, 0.2) is 0 Å². The van der Waals surface area contributed by atoms with Gasteiger partial charge >= 0.3 is 5.97 Å². The first-order valence-electron chi connectivity index (χ1n) is 7.61. The molecule has 0 radical (unpaired) electrons. The average molecular weight is 352 g/mol. The number of aryl methyl sites for hydroxylation is 1. The van der Waals surface area contributed by atoms with Gasteiger partial charge in [0.05, 0.1) is 19.3 Å². The zero-order valence-corrected chi connectivity index (χ0v) is 14.7. The summed E-state index contributed by atoms with van der Waals surface area (Å²) >= 11 is 0. The van der Waals surface area contributed by atoms with Gasteiger partial charge in [-0.05, 0) is 25.5 Å². The van der Waals surface area contributed by atoms with Gasteiger partial charge in [-0.2, -0.15) is 9.40 Å². The van der Waals surface area contributed by atoms with E-state index in [1.54, 1.807) is 24.7 Å². The number of nitrogens with zero attached hydrogens (tertiary/aromatic N) is 4. The average Bonchev–Trinajstić information content (AvgIpc) is 3.05. The lowest BCUT2D eigenvalue weighted by Gasteiger charge is -2.19. The molecule has 0 aromatic carbocycles. The summed E-state index contributed by atoms with van der Waals surface area (Å²) in [5.41, 5.74) is 1.58. The van der Waals surface area contributed by atoms with Crippen LogP contribution in [0.5, 0.6) is 0 Å². The zero-order chi connectivity index (χ0) is 17.5. The molecular weight excluding hydrogens is 332 g/mol. The van der Waals surface area contributed by atoms with Gasteiger partial charge in [-0.25, -0.2) is 13.2 Å². The third-order valence-electron chi connectivity index (χ3n) is 4.42. The molecule has 24 heavy (non-hydrogen) atoms. The first kappa shape index (κ1) is 16.7. The Balaban J connectivity index is 2.01. The van der Waals surface area contributed by atoms with Crippen LogP contribution < -0.4 is 0 Å². The molecule has 0 fully saturated rings. The number of fused-ring (bicyclic) bond motifs is 1. The second-order valence-corrected chi connectivity index (χ2v) is 7.67. The number of carbonyl (C=O) groups excluding carboxylic acids is 1. The van der Waals surface area contributed by atoms with Crippen LogP contribution in [-0.2, 0) is 34.9 Å². The highest BCUT2D eigenvalue weighted by atomic mass is 32.2. The molecule has 0 amide bonds. The number of hydrogen-bond donors (Lipinski definition) is 0. The molecule has 0 saturated heterocycles. The maximum absolute atomic E-state index is 13.1. The zero-order valence-electron chi connectivity index (χ0n) is 13.9. The predicted molar refractivity (Wildman–Crippen MR) is 85.9 cm³/mol. The van der Waals surface area contributed by atoms with E-state index in [0.717, 1.165) is 5.69 Å². The maximum Gasteiger partial charge on any atom is 0.354 e. The molecule has 0 unspecified atom stereocenters. The SMILES string of the molecule is COC(=O)c1cc(S(=O)(=O)N2CCCn3nccc3C2)c(C)n1C. The van der Waals surface area contributed by atoms with Crippen LogP contribution >= 0.6 is 0 Å². The molecule has 1 aliphatic heterocycles. The standard InChI is InChI=1S/C15H20N4O4S/c1-11-14(9-13(17(11)2)15(20)23-3)24(21,22)18-7-4-8-19-12(10-18)5-6-16-19/h5-6,9H,4,7-8,10H2,1-3H3. The van der Waals surface area contributed by atoms with Crippen molar-refractivity contribution in [3.8, 4) is 0 Å². The van der Waals surface area contributed by atoms with Crippen LogP contribution in [0.25, 0.3) is 0 Å². The van der Waals surface area contributed by atoms with Crippen molar-refractivity contribution in [1.29, 1.82) is 0 Å². The highest BCUT2D eigenvalue weighted by Crippen LogP contribution is 2.26. The number of aromatic nitrogens is 3. The Morgan fingerprint density at radius 1 is 1.33 bits per heavy atom. The van der Waals surface area contributed by atoms with E-state index in [1.807, 2.05) is 10.7 Å². The van der Waals surface area contributed by atoms with Crippen molar-refractivity contribution in [2.24, 2.45) is 7.05 Å². The van der Waals surface area contributed by atoms with Crippen LogP contribution in [0, 0.1) is 6.92 Å². The Morgan fingerprint density at radius 3 is 2.79 bits per heavy atom. The summed E-state index contributed by atoms with van der Waals surface area (Å²) in [6.07, 6.45) is 2.36. The molecule has 0 atom stereocenters. The lowest BCUT2D eigenvalue weighted by Crippen LogP contribution is -2.31. The summed E-state index contributed by atoms with van der Waals surface area (Å²) in [5, 5.41) is 4.21. The Kier molecular flexibility index (Phi) is 4.22. The minimum Gasteiger partial charge on any atom is -0.464 e. The molecule has 3 heterocycles. The Hall–Kier alpha value is -2.13. The Bertz CT molecular complexity index is 881. The Labute approximate surface area is 140 Å². The van der Waals surface area contributed by atoms with Gasteiger partial charge in [0.1, 0.15) is 10.6 Å². The normalized spacial score (nSPS) is 15.8. The van der Waals surface area contributed by atoms with Gasteiger partial charge < -0.3 is 9.30 Å². The van der Waals surface area contributed by atoms with Gasteiger partial charge in [-0.15, -0.1) is 0 Å². The van der Waals surface area contributed by atoms with Crippen molar-refractivity contribution < 1.29 is 17.9 Å². The van der Waals surface area contributed by atoms with Gasteiger partial charge in [0.2, 0.25) is 10.0 Å². The van der Waals surface area contributed by atoms with Gasteiger partial charge in [-0.1, -0.05) is 0 Å². The third kappa shape index (κ3) is 2.63. The van der Waals surface area contributed by atoms with Crippen LogP contribution in [0.3, 0.4) is 0 Å². The van der Waals surface area contributed by atoms with Crippen LogP contribution in [0.15, 0.2) is 23.2 Å². The van der Waals surface area contributed by atoms with E-state index in [-0.39, 0.29) is 17.1 Å². The van der Waals surface area contributed by atoms with Crippen molar-refractivity contribution in [2.45, 2.75) is 31.3 Å². The molecule has 9 heteroatoms. The minimum absolute atomic E-state index is 0.137. The monoisotopic (exact) mass is 352 g/mol. The van der Waals surface area contributed by atoms with Crippen molar-refractivity contribution in [3.05, 3.63) is 35.4 Å². The van der Waals surface area contributed by atoms with E-state index < -0.39 is 16.0 Å². The van der Waals surface area contributed by atoms with E-state index >= 15 is 0 Å². The topological polar surface area (TPSA) is 86.4 Å². The van der Waals surface area contributed by atoms with Crippen LogP contribution in [0.1, 0.15) is 28.3 Å². The second-order valence-electron chi connectivity index (χ2n) is 5.77. The second kappa shape index (κ2) is 6.06. The summed E-state index contributed by atoms with van der Waals surface area (Å²) in [7, 11) is -0.793. The fraction of sp³-hybridized carbons (Fsp3) is 0.467. The van der Waals surface area contributed by atoms with E-state index in [9.17, 15) is 13.2 Å². The largest absolute Gasteiger partial charge is 0.464 e. The Morgan fingerprint density at radius 2 is 2.08 bits per heavy atom. The van der Waals surface area contributed by atoms with Gasteiger partial charge in [0, 0.05) is 32.0 Å². The van der Waals surface area contributed by atoms with Crippen molar-refractivity contribution in [2.75, 3.05) is 13.7 Å². The first-order chi connectivity index (χ1) is 11.4. The summed E-state index contributed by atoms with van der Waals surface area (Å²) in [6, 6.07) is 3.21. The fourth-order valence-corrected chi connectivity index (χ4v) is 4.65. The first-order valence-corrected chi connectivity index (χ1v) is 9.05. The molecule has 0 aliphatic carbocycles. The lowest BCUT2D eigenvalue weighted by atomic mass is 10.4. The quantitative estimate of drug-likeness (QED) is 0.767. The lowest BCUT2D eigenvalue weighted by molar-refractivity contribution is 0.0589. The number of carbonyl (C=O) groups is 1. The van der Waals surface area contributed by atoms with E-state index in [0.29, 0.717) is 25.2 Å². The van der Waals surface area contributed by atoms with Gasteiger partial charge in [-0.3, -0.25) is 4.68 Å². The number of sulfonamides is 1. The molecule has 8 nitrogen and oxygen atoms in total. The van der Waals surface area contributed by atoms with Crippen LogP contribution in [0.2, 0.25) is 0 Å². The van der Waals surface area contributed by atoms with Gasteiger partial charge in [0.25, 0.3) is 0 Å². The van der Waals surface area contributed by atoms with E-state index in [4.69, 9.17) is 4.74 Å². The molecule has 0 N–H and O–H groups in total. The highest BCUT2D eigenvalue weighted by molar-refractivity contribution is 7.89. The molecule has 1 aliphatic rings. The molecule has 0 spiro atoms. The summed E-state index contributed by atoms with van der Waals surface area (Å²) in [5.74, 6) is -0.559. The molecule has 2 aromatic rings. The number of hydrogen-bond acceptors (Lipinski definition) is 5.